The van der Waals surface area contributed by atoms with Crippen LogP contribution >= 0.6 is 0 Å². The summed E-state index contributed by atoms with van der Waals surface area (Å²) >= 11 is 0. The quantitative estimate of drug-likeness (QED) is 0.453. The molecule has 1 nitrogen and oxygen atoms in total. The van der Waals surface area contributed by atoms with Crippen LogP contribution in [0.5, 0.6) is 0 Å². The Hall–Kier alpha value is -0.113. The van der Waals surface area contributed by atoms with Gasteiger partial charge in [0, 0.05) is 13.0 Å². The maximum atomic E-state index is 4.40. The van der Waals surface area contributed by atoms with Crippen LogP contribution in [0.25, 0.3) is 0 Å². The highest BCUT2D eigenvalue weighted by Crippen LogP contribution is 2.40. The molecule has 0 atom stereocenters. The summed E-state index contributed by atoms with van der Waals surface area (Å²) in [6.07, 6.45) is 0. The average Bonchev–Trinajstić information content (AvgIpc) is 1.80. The van der Waals surface area contributed by atoms with Gasteiger partial charge in [-0.05, 0) is 16.2 Å². The van der Waals surface area contributed by atoms with E-state index in [0.717, 1.165) is 10.2 Å². The topological polar surface area (TPSA) is 12.4 Å². The van der Waals surface area contributed by atoms with Crippen LogP contribution < -0.4 is 0 Å². The Balaban J connectivity index is 5.01. The fraction of sp³-hybridized carbons (Fsp3) is 0.909. The Labute approximate surface area is 86.5 Å². The molecule has 0 radical (unpaired) electrons. The third-order valence-corrected chi connectivity index (χ3v) is 3.53. The van der Waals surface area contributed by atoms with Crippen LogP contribution in [0, 0.1) is 16.7 Å². The van der Waals surface area contributed by atoms with Crippen molar-refractivity contribution in [2.24, 2.45) is 21.7 Å². The van der Waals surface area contributed by atoms with Crippen molar-refractivity contribution in [3.8, 4) is 0 Å². The SMILES string of the molecule is CN=C([SiH3])C(C(C)(C)C)C(C)(C)C. The lowest BCUT2D eigenvalue weighted by molar-refractivity contribution is 0.169. The molecule has 0 saturated carbocycles. The third kappa shape index (κ3) is 3.63. The average molecular weight is 199 g/mol. The molecule has 0 aromatic rings. The fourth-order valence-electron chi connectivity index (χ4n) is 2.68. The van der Waals surface area contributed by atoms with Crippen molar-refractivity contribution in [2.45, 2.75) is 41.5 Å². The highest BCUT2D eigenvalue weighted by molar-refractivity contribution is 6.60. The van der Waals surface area contributed by atoms with Gasteiger partial charge in [-0.3, -0.25) is 0 Å². The monoisotopic (exact) mass is 199 g/mol. The van der Waals surface area contributed by atoms with Crippen LogP contribution in [0.2, 0.25) is 0 Å². The van der Waals surface area contributed by atoms with E-state index in [1.165, 1.54) is 5.33 Å². The molecule has 0 aliphatic carbocycles. The molecule has 0 spiro atoms. The maximum absolute atomic E-state index is 4.40. The molecule has 0 amide bonds. The Kier molecular flexibility index (Phi) is 3.92. The Morgan fingerprint density at radius 3 is 1.38 bits per heavy atom. The molecule has 0 bridgehead atoms. The Morgan fingerprint density at radius 1 is 1.00 bits per heavy atom. The summed E-state index contributed by atoms with van der Waals surface area (Å²) in [6, 6.07) is 0. The zero-order valence-electron chi connectivity index (χ0n) is 10.5. The van der Waals surface area contributed by atoms with Crippen molar-refractivity contribution in [2.75, 3.05) is 7.05 Å². The second kappa shape index (κ2) is 3.95. The van der Waals surface area contributed by atoms with Crippen LogP contribution in [0.3, 0.4) is 0 Å². The molecule has 78 valence electrons. The Bertz CT molecular complexity index is 179. The van der Waals surface area contributed by atoms with Crippen molar-refractivity contribution in [3.05, 3.63) is 0 Å². The highest BCUT2D eigenvalue weighted by Gasteiger charge is 2.36. The molecule has 0 aliphatic rings. The van der Waals surface area contributed by atoms with E-state index in [4.69, 9.17) is 0 Å². The predicted octanol–water partition coefficient (Wildman–Crippen LogP) is 2.09. The molecule has 13 heavy (non-hydrogen) atoms. The standard InChI is InChI=1S/C11H25NSi/c1-10(2,3)8(9(13)12-7)11(4,5)6/h8H,1-7,13H3. The first kappa shape index (κ1) is 12.9. The first-order chi connectivity index (χ1) is 5.60. The summed E-state index contributed by atoms with van der Waals surface area (Å²) in [7, 11) is 3.01. The number of hydrogen-bond acceptors (Lipinski definition) is 1. The van der Waals surface area contributed by atoms with Crippen LogP contribution in [0.15, 0.2) is 4.99 Å². The first-order valence-corrected chi connectivity index (χ1v) is 6.04. The summed E-state index contributed by atoms with van der Waals surface area (Å²) < 4.78 is 0. The van der Waals surface area contributed by atoms with Gasteiger partial charge in [0.25, 0.3) is 0 Å². The fourth-order valence-corrected chi connectivity index (χ4v) is 4.41. The van der Waals surface area contributed by atoms with E-state index in [-0.39, 0.29) is 0 Å². The van der Waals surface area contributed by atoms with Crippen LogP contribution in [0.4, 0.5) is 0 Å². The molecular weight excluding hydrogens is 174 g/mol. The minimum absolute atomic E-state index is 0.328. The van der Waals surface area contributed by atoms with Crippen LogP contribution in [-0.2, 0) is 0 Å². The van der Waals surface area contributed by atoms with Crippen LogP contribution in [-0.4, -0.2) is 22.6 Å². The summed E-state index contributed by atoms with van der Waals surface area (Å²) in [6.45, 7) is 13.9. The second-order valence-corrected chi connectivity index (χ2v) is 7.05. The van der Waals surface area contributed by atoms with Gasteiger partial charge < -0.3 is 4.99 Å². The number of hydrogen-bond donors (Lipinski definition) is 0. The number of aliphatic imine (C=N–C) groups is 1. The van der Waals surface area contributed by atoms with Crippen molar-refractivity contribution < 1.29 is 0 Å². The van der Waals surface area contributed by atoms with Gasteiger partial charge in [0.15, 0.2) is 0 Å². The summed E-state index contributed by atoms with van der Waals surface area (Å²) in [5.41, 5.74) is 0.656. The molecule has 0 rings (SSSR count). The molecule has 0 aromatic heterocycles. The lowest BCUT2D eigenvalue weighted by Gasteiger charge is -2.41. The van der Waals surface area contributed by atoms with Gasteiger partial charge in [0.2, 0.25) is 0 Å². The lowest BCUT2D eigenvalue weighted by atomic mass is 9.67. The smallest absolute Gasteiger partial charge is 0.0567 e. The molecule has 0 saturated heterocycles. The molecule has 0 fully saturated rings. The number of rotatable bonds is 1. The van der Waals surface area contributed by atoms with E-state index >= 15 is 0 Å². The highest BCUT2D eigenvalue weighted by atomic mass is 28.1. The lowest BCUT2D eigenvalue weighted by Crippen LogP contribution is -2.39. The summed E-state index contributed by atoms with van der Waals surface area (Å²) in [5.74, 6) is 0.608. The minimum Gasteiger partial charge on any atom is -0.303 e. The molecule has 2 heteroatoms. The van der Waals surface area contributed by atoms with E-state index in [1.807, 2.05) is 7.05 Å². The zero-order chi connectivity index (χ0) is 10.9. The molecule has 0 N–H and O–H groups in total. The van der Waals surface area contributed by atoms with Crippen LogP contribution in [0.1, 0.15) is 41.5 Å². The van der Waals surface area contributed by atoms with Gasteiger partial charge in [-0.2, -0.15) is 0 Å². The van der Waals surface area contributed by atoms with E-state index in [1.54, 1.807) is 0 Å². The van der Waals surface area contributed by atoms with Gasteiger partial charge in [0.1, 0.15) is 0 Å². The van der Waals surface area contributed by atoms with Gasteiger partial charge in [-0.25, -0.2) is 0 Å². The van der Waals surface area contributed by atoms with E-state index in [0.29, 0.717) is 16.7 Å². The maximum Gasteiger partial charge on any atom is 0.0567 e. The Morgan fingerprint density at radius 2 is 1.31 bits per heavy atom. The van der Waals surface area contributed by atoms with Crippen molar-refractivity contribution in [1.82, 2.24) is 0 Å². The van der Waals surface area contributed by atoms with Gasteiger partial charge in [-0.15, -0.1) is 0 Å². The van der Waals surface area contributed by atoms with Crippen molar-refractivity contribution in [1.29, 1.82) is 0 Å². The molecule has 0 heterocycles. The van der Waals surface area contributed by atoms with E-state index in [9.17, 15) is 0 Å². The minimum atomic E-state index is 0.328. The normalized spacial score (nSPS) is 15.5. The predicted molar refractivity (Wildman–Crippen MR) is 65.7 cm³/mol. The molecule has 0 unspecified atom stereocenters. The van der Waals surface area contributed by atoms with Gasteiger partial charge >= 0.3 is 0 Å². The van der Waals surface area contributed by atoms with Crippen molar-refractivity contribution >= 4 is 15.6 Å². The van der Waals surface area contributed by atoms with Gasteiger partial charge in [-0.1, -0.05) is 41.5 Å². The summed E-state index contributed by atoms with van der Waals surface area (Å²) in [4.78, 5) is 4.40. The van der Waals surface area contributed by atoms with Gasteiger partial charge in [0.05, 0.1) is 10.2 Å². The summed E-state index contributed by atoms with van der Waals surface area (Å²) in [5, 5.41) is 1.40. The van der Waals surface area contributed by atoms with Crippen molar-refractivity contribution in [3.63, 3.8) is 0 Å². The third-order valence-electron chi connectivity index (χ3n) is 2.50. The molecule has 0 aromatic carbocycles. The second-order valence-electron chi connectivity index (χ2n) is 6.03. The number of nitrogens with zero attached hydrogens (tertiary/aromatic N) is 1. The largest absolute Gasteiger partial charge is 0.303 e. The molecular formula is C11H25NSi. The zero-order valence-corrected chi connectivity index (χ0v) is 12.5. The van der Waals surface area contributed by atoms with E-state index in [2.05, 4.69) is 46.5 Å². The van der Waals surface area contributed by atoms with E-state index < -0.39 is 0 Å². The molecule has 0 aliphatic heterocycles. The first-order valence-electron chi connectivity index (χ1n) is 5.04.